The van der Waals surface area contributed by atoms with E-state index in [1.807, 2.05) is 13.8 Å². The van der Waals surface area contributed by atoms with Gasteiger partial charge in [0.05, 0.1) is 6.54 Å². The van der Waals surface area contributed by atoms with E-state index in [0.29, 0.717) is 19.6 Å². The zero-order valence-corrected chi connectivity index (χ0v) is 8.40. The number of amides is 1. The average molecular weight is 201 g/mol. The van der Waals surface area contributed by atoms with E-state index in [-0.39, 0.29) is 5.92 Å². The van der Waals surface area contributed by atoms with Crippen LogP contribution in [0.25, 0.3) is 0 Å². The minimum absolute atomic E-state index is 0.240. The Labute approximate surface area is 82.6 Å². The Bertz CT molecular complexity index is 239. The Balaban J connectivity index is 2.66. The quantitative estimate of drug-likeness (QED) is 0.735. The first-order chi connectivity index (χ1) is 6.52. The summed E-state index contributed by atoms with van der Waals surface area (Å²) in [6.07, 6.45) is -0.0530. The molecule has 0 aromatic carbocycles. The van der Waals surface area contributed by atoms with E-state index >= 15 is 0 Å². The highest BCUT2D eigenvalue weighted by Crippen LogP contribution is 2.16. The normalized spacial score (nSPS) is 18.5. The SMILES string of the molecule is CC(C)CC(C(=O)O)N1CCOC1=O. The number of carbonyl (C=O) groups is 2. The van der Waals surface area contributed by atoms with E-state index in [0.717, 1.165) is 0 Å². The largest absolute Gasteiger partial charge is 0.480 e. The van der Waals surface area contributed by atoms with Crippen LogP contribution >= 0.6 is 0 Å². The molecule has 14 heavy (non-hydrogen) atoms. The molecule has 5 heteroatoms. The van der Waals surface area contributed by atoms with E-state index in [4.69, 9.17) is 9.84 Å². The van der Waals surface area contributed by atoms with Gasteiger partial charge in [-0.1, -0.05) is 13.8 Å². The minimum Gasteiger partial charge on any atom is -0.480 e. The second kappa shape index (κ2) is 4.30. The Morgan fingerprint density at radius 3 is 2.64 bits per heavy atom. The molecule has 0 aliphatic carbocycles. The summed E-state index contributed by atoms with van der Waals surface area (Å²) in [6.45, 7) is 4.53. The molecule has 1 atom stereocenters. The summed E-state index contributed by atoms with van der Waals surface area (Å²) in [5.74, 6) is -0.720. The molecule has 1 heterocycles. The van der Waals surface area contributed by atoms with E-state index in [1.54, 1.807) is 0 Å². The Hall–Kier alpha value is -1.26. The lowest BCUT2D eigenvalue weighted by molar-refractivity contribution is -0.142. The fraction of sp³-hybridized carbons (Fsp3) is 0.778. The number of carboxylic acids is 1. The molecule has 1 aliphatic heterocycles. The maximum absolute atomic E-state index is 11.1. The second-order valence-corrected chi connectivity index (χ2v) is 3.79. The average Bonchev–Trinajstić information content (AvgIpc) is 2.46. The van der Waals surface area contributed by atoms with Crippen LogP contribution < -0.4 is 0 Å². The van der Waals surface area contributed by atoms with Crippen LogP contribution in [-0.2, 0) is 9.53 Å². The van der Waals surface area contributed by atoms with Gasteiger partial charge in [0.2, 0.25) is 0 Å². The first-order valence-electron chi connectivity index (χ1n) is 4.68. The van der Waals surface area contributed by atoms with Gasteiger partial charge >= 0.3 is 12.1 Å². The van der Waals surface area contributed by atoms with Crippen LogP contribution in [0.2, 0.25) is 0 Å². The van der Waals surface area contributed by atoms with Gasteiger partial charge in [0.15, 0.2) is 0 Å². The van der Waals surface area contributed by atoms with Crippen LogP contribution in [0, 0.1) is 5.92 Å². The number of aliphatic carboxylic acids is 1. The summed E-state index contributed by atoms with van der Waals surface area (Å²) in [6, 6.07) is -0.745. The third-order valence-electron chi connectivity index (χ3n) is 2.15. The smallest absolute Gasteiger partial charge is 0.410 e. The number of carbonyl (C=O) groups excluding carboxylic acids is 1. The Morgan fingerprint density at radius 1 is 1.64 bits per heavy atom. The molecule has 1 unspecified atom stereocenters. The van der Waals surface area contributed by atoms with Crippen molar-refractivity contribution in [2.75, 3.05) is 13.2 Å². The summed E-state index contributed by atoms with van der Waals surface area (Å²) in [5.41, 5.74) is 0. The van der Waals surface area contributed by atoms with Crippen molar-refractivity contribution in [1.82, 2.24) is 4.90 Å². The molecule has 1 saturated heterocycles. The number of cyclic esters (lactones) is 1. The van der Waals surface area contributed by atoms with Crippen molar-refractivity contribution in [3.8, 4) is 0 Å². The van der Waals surface area contributed by atoms with Gasteiger partial charge in [-0.25, -0.2) is 9.59 Å². The number of nitrogens with zero attached hydrogens (tertiary/aromatic N) is 1. The van der Waals surface area contributed by atoms with Gasteiger partial charge in [-0.05, 0) is 12.3 Å². The summed E-state index contributed by atoms with van der Waals surface area (Å²) in [5, 5.41) is 8.95. The van der Waals surface area contributed by atoms with E-state index in [2.05, 4.69) is 0 Å². The summed E-state index contributed by atoms with van der Waals surface area (Å²) < 4.78 is 4.70. The Kier molecular flexibility index (Phi) is 3.33. The van der Waals surface area contributed by atoms with Crippen LogP contribution in [0.3, 0.4) is 0 Å². The molecular formula is C9H15NO4. The van der Waals surface area contributed by atoms with Crippen LogP contribution in [0.4, 0.5) is 4.79 Å². The lowest BCUT2D eigenvalue weighted by Gasteiger charge is -2.22. The highest BCUT2D eigenvalue weighted by molar-refractivity contribution is 5.80. The lowest BCUT2D eigenvalue weighted by Crippen LogP contribution is -2.42. The molecule has 0 aromatic heterocycles. The topological polar surface area (TPSA) is 66.8 Å². The Morgan fingerprint density at radius 2 is 2.29 bits per heavy atom. The maximum Gasteiger partial charge on any atom is 0.410 e. The molecule has 1 N–H and O–H groups in total. The zero-order valence-electron chi connectivity index (χ0n) is 8.40. The molecule has 1 rings (SSSR count). The first-order valence-corrected chi connectivity index (χ1v) is 4.68. The zero-order chi connectivity index (χ0) is 10.7. The van der Waals surface area contributed by atoms with Gasteiger partial charge in [0, 0.05) is 0 Å². The molecule has 0 bridgehead atoms. The molecular weight excluding hydrogens is 186 g/mol. The summed E-state index contributed by atoms with van der Waals surface area (Å²) >= 11 is 0. The number of hydrogen-bond donors (Lipinski definition) is 1. The van der Waals surface area contributed by atoms with Crippen molar-refractivity contribution in [3.63, 3.8) is 0 Å². The van der Waals surface area contributed by atoms with Gasteiger partial charge in [-0.3, -0.25) is 4.90 Å². The molecule has 1 amide bonds. The van der Waals surface area contributed by atoms with Crippen LogP contribution in [0.1, 0.15) is 20.3 Å². The van der Waals surface area contributed by atoms with Gasteiger partial charge in [0.25, 0.3) is 0 Å². The van der Waals surface area contributed by atoms with Crippen molar-refractivity contribution in [1.29, 1.82) is 0 Å². The van der Waals surface area contributed by atoms with Crippen LogP contribution in [0.5, 0.6) is 0 Å². The third-order valence-corrected chi connectivity index (χ3v) is 2.15. The van der Waals surface area contributed by atoms with Gasteiger partial charge < -0.3 is 9.84 Å². The van der Waals surface area contributed by atoms with Crippen molar-refractivity contribution in [2.45, 2.75) is 26.3 Å². The summed E-state index contributed by atoms with van der Waals surface area (Å²) in [4.78, 5) is 23.3. The highest BCUT2D eigenvalue weighted by Gasteiger charge is 2.34. The minimum atomic E-state index is -0.961. The molecule has 5 nitrogen and oxygen atoms in total. The van der Waals surface area contributed by atoms with Crippen LogP contribution in [0.15, 0.2) is 0 Å². The van der Waals surface area contributed by atoms with Crippen molar-refractivity contribution < 1.29 is 19.4 Å². The second-order valence-electron chi connectivity index (χ2n) is 3.79. The van der Waals surface area contributed by atoms with Crippen LogP contribution in [-0.4, -0.2) is 41.3 Å². The van der Waals surface area contributed by atoms with Gasteiger partial charge in [0.1, 0.15) is 12.6 Å². The molecule has 1 fully saturated rings. The van der Waals surface area contributed by atoms with E-state index in [1.165, 1.54) is 4.90 Å². The predicted octanol–water partition coefficient (Wildman–Crippen LogP) is 0.938. The highest BCUT2D eigenvalue weighted by atomic mass is 16.6. The first kappa shape index (κ1) is 10.8. The van der Waals surface area contributed by atoms with Crippen molar-refractivity contribution >= 4 is 12.1 Å². The van der Waals surface area contributed by atoms with Gasteiger partial charge in [-0.15, -0.1) is 0 Å². The lowest BCUT2D eigenvalue weighted by atomic mass is 10.0. The predicted molar refractivity (Wildman–Crippen MR) is 48.9 cm³/mol. The fourth-order valence-electron chi connectivity index (χ4n) is 1.50. The molecule has 0 spiro atoms. The number of hydrogen-bond acceptors (Lipinski definition) is 3. The number of ether oxygens (including phenoxy) is 1. The number of carboxylic acid groups (broad SMARTS) is 1. The monoisotopic (exact) mass is 201 g/mol. The molecule has 80 valence electrons. The standard InChI is InChI=1S/C9H15NO4/c1-6(2)5-7(8(11)12)10-3-4-14-9(10)13/h6-7H,3-5H2,1-2H3,(H,11,12). The van der Waals surface area contributed by atoms with E-state index in [9.17, 15) is 9.59 Å². The third kappa shape index (κ3) is 2.37. The maximum atomic E-state index is 11.1. The summed E-state index contributed by atoms with van der Waals surface area (Å²) in [7, 11) is 0. The molecule has 1 aliphatic rings. The van der Waals surface area contributed by atoms with Gasteiger partial charge in [-0.2, -0.15) is 0 Å². The van der Waals surface area contributed by atoms with E-state index < -0.39 is 18.1 Å². The number of rotatable bonds is 4. The van der Waals surface area contributed by atoms with Crippen molar-refractivity contribution in [2.24, 2.45) is 5.92 Å². The fourth-order valence-corrected chi connectivity index (χ4v) is 1.50. The molecule has 0 radical (unpaired) electrons. The van der Waals surface area contributed by atoms with Crippen molar-refractivity contribution in [3.05, 3.63) is 0 Å². The molecule has 0 saturated carbocycles. The molecule has 0 aromatic rings.